The van der Waals surface area contributed by atoms with E-state index in [2.05, 4.69) is 11.9 Å². The molecular weight excluding hydrogens is 238 g/mol. The van der Waals surface area contributed by atoms with E-state index in [1.165, 1.54) is 11.8 Å². The number of hydrogen-bond donors (Lipinski definition) is 1. The van der Waals surface area contributed by atoms with Gasteiger partial charge in [0.25, 0.3) is 5.91 Å². The minimum atomic E-state index is -0.135. The molecule has 4 heteroatoms. The molecule has 1 heterocycles. The van der Waals surface area contributed by atoms with Gasteiger partial charge in [-0.25, -0.2) is 0 Å². The highest BCUT2D eigenvalue weighted by atomic mass is 16.2. The number of hydrogen-bond acceptors (Lipinski definition) is 3. The summed E-state index contributed by atoms with van der Waals surface area (Å²) in [6.45, 7) is 2.10. The molecule has 0 aliphatic carbocycles. The Morgan fingerprint density at radius 2 is 1.95 bits per heavy atom. The van der Waals surface area contributed by atoms with Gasteiger partial charge in [0, 0.05) is 18.9 Å². The third-order valence-corrected chi connectivity index (χ3v) is 3.12. The topological polar surface area (TPSA) is 59.2 Å². The number of nitrogen functional groups attached to an aromatic ring is 1. The van der Waals surface area contributed by atoms with Crippen LogP contribution in [0.3, 0.4) is 0 Å². The number of nitrogens with two attached hydrogens (primary N) is 1. The van der Waals surface area contributed by atoms with E-state index in [1.54, 1.807) is 24.2 Å². The molecule has 0 aliphatic heterocycles. The number of benzene rings is 1. The number of carbonyl (C=O) groups is 1. The number of anilines is 2. The fraction of sp³-hybridized carbons (Fsp3) is 0.200. The van der Waals surface area contributed by atoms with Crippen molar-refractivity contribution in [2.24, 2.45) is 0 Å². The van der Waals surface area contributed by atoms with Crippen LogP contribution in [0.5, 0.6) is 0 Å². The highest BCUT2D eigenvalue weighted by molar-refractivity contribution is 6.08. The predicted octanol–water partition coefficient (Wildman–Crippen LogP) is 2.50. The van der Waals surface area contributed by atoms with E-state index in [0.29, 0.717) is 11.3 Å². The molecule has 0 saturated carbocycles. The van der Waals surface area contributed by atoms with Gasteiger partial charge in [0.15, 0.2) is 0 Å². The smallest absolute Gasteiger partial charge is 0.260 e. The molecule has 2 aromatic rings. The lowest BCUT2D eigenvalue weighted by Crippen LogP contribution is -2.27. The number of nitrogens with zero attached hydrogens (tertiary/aromatic N) is 2. The Bertz CT molecular complexity index is 578. The Morgan fingerprint density at radius 1 is 1.26 bits per heavy atom. The van der Waals surface area contributed by atoms with Gasteiger partial charge in [-0.3, -0.25) is 9.78 Å². The van der Waals surface area contributed by atoms with Gasteiger partial charge in [0.2, 0.25) is 0 Å². The van der Waals surface area contributed by atoms with Crippen LogP contribution in [0.2, 0.25) is 0 Å². The van der Waals surface area contributed by atoms with E-state index in [0.717, 1.165) is 12.1 Å². The Balaban J connectivity index is 2.26. The SMILES string of the molecule is CCc1ccc(N(C)C(=O)c2ccncc2N)cc1. The zero-order valence-corrected chi connectivity index (χ0v) is 11.1. The molecule has 0 saturated heterocycles. The summed E-state index contributed by atoms with van der Waals surface area (Å²) < 4.78 is 0. The normalized spacial score (nSPS) is 10.2. The second-order valence-corrected chi connectivity index (χ2v) is 4.35. The third kappa shape index (κ3) is 2.73. The number of aryl methyl sites for hydroxylation is 1. The average Bonchev–Trinajstić information content (AvgIpc) is 2.46. The number of carbonyl (C=O) groups excluding carboxylic acids is 1. The maximum atomic E-state index is 12.3. The fourth-order valence-corrected chi connectivity index (χ4v) is 1.85. The zero-order chi connectivity index (χ0) is 13.8. The van der Waals surface area contributed by atoms with Crippen LogP contribution >= 0.6 is 0 Å². The Hall–Kier alpha value is -2.36. The van der Waals surface area contributed by atoms with Crippen molar-refractivity contribution in [2.75, 3.05) is 17.7 Å². The minimum Gasteiger partial charge on any atom is -0.397 e. The van der Waals surface area contributed by atoms with Crippen LogP contribution in [0.25, 0.3) is 0 Å². The summed E-state index contributed by atoms with van der Waals surface area (Å²) in [5.41, 5.74) is 8.72. The van der Waals surface area contributed by atoms with Gasteiger partial charge in [-0.05, 0) is 30.2 Å². The lowest BCUT2D eigenvalue weighted by molar-refractivity contribution is 0.0994. The maximum absolute atomic E-state index is 12.3. The monoisotopic (exact) mass is 255 g/mol. The summed E-state index contributed by atoms with van der Waals surface area (Å²) >= 11 is 0. The first-order valence-corrected chi connectivity index (χ1v) is 6.20. The Labute approximate surface area is 112 Å². The lowest BCUT2D eigenvalue weighted by Gasteiger charge is -2.18. The van der Waals surface area contributed by atoms with Crippen molar-refractivity contribution in [3.8, 4) is 0 Å². The van der Waals surface area contributed by atoms with Gasteiger partial charge in [-0.1, -0.05) is 19.1 Å². The van der Waals surface area contributed by atoms with Crippen LogP contribution in [-0.2, 0) is 6.42 Å². The fourth-order valence-electron chi connectivity index (χ4n) is 1.85. The van der Waals surface area contributed by atoms with Crippen LogP contribution in [-0.4, -0.2) is 17.9 Å². The number of amides is 1. The van der Waals surface area contributed by atoms with Crippen LogP contribution < -0.4 is 10.6 Å². The predicted molar refractivity (Wildman–Crippen MR) is 77.2 cm³/mol. The van der Waals surface area contributed by atoms with Gasteiger partial charge < -0.3 is 10.6 Å². The molecule has 19 heavy (non-hydrogen) atoms. The summed E-state index contributed by atoms with van der Waals surface area (Å²) in [5.74, 6) is -0.135. The molecule has 0 atom stereocenters. The number of rotatable bonds is 3. The summed E-state index contributed by atoms with van der Waals surface area (Å²) in [5, 5.41) is 0. The van der Waals surface area contributed by atoms with Crippen LogP contribution in [0.1, 0.15) is 22.8 Å². The van der Waals surface area contributed by atoms with Crippen molar-refractivity contribution < 1.29 is 4.79 Å². The largest absolute Gasteiger partial charge is 0.397 e. The van der Waals surface area contributed by atoms with Crippen molar-refractivity contribution >= 4 is 17.3 Å². The molecule has 0 bridgehead atoms. The molecule has 2 N–H and O–H groups in total. The van der Waals surface area contributed by atoms with E-state index in [4.69, 9.17) is 5.73 Å². The molecule has 1 aromatic heterocycles. The molecule has 0 spiro atoms. The van der Waals surface area contributed by atoms with Crippen LogP contribution in [0.4, 0.5) is 11.4 Å². The molecule has 1 aromatic carbocycles. The van der Waals surface area contributed by atoms with E-state index >= 15 is 0 Å². The first-order chi connectivity index (χ1) is 9.13. The van der Waals surface area contributed by atoms with Crippen molar-refractivity contribution in [3.63, 3.8) is 0 Å². The molecular formula is C15H17N3O. The molecule has 1 amide bonds. The van der Waals surface area contributed by atoms with Gasteiger partial charge in [0.1, 0.15) is 0 Å². The highest BCUT2D eigenvalue weighted by Gasteiger charge is 2.15. The van der Waals surface area contributed by atoms with E-state index in [9.17, 15) is 4.79 Å². The molecule has 0 fully saturated rings. The number of pyridine rings is 1. The van der Waals surface area contributed by atoms with Crippen molar-refractivity contribution in [2.45, 2.75) is 13.3 Å². The molecule has 2 rings (SSSR count). The van der Waals surface area contributed by atoms with E-state index in [-0.39, 0.29) is 5.91 Å². The maximum Gasteiger partial charge on any atom is 0.260 e. The van der Waals surface area contributed by atoms with E-state index in [1.807, 2.05) is 24.3 Å². The Kier molecular flexibility index (Phi) is 3.80. The van der Waals surface area contributed by atoms with Gasteiger partial charge in [-0.15, -0.1) is 0 Å². The molecule has 98 valence electrons. The summed E-state index contributed by atoms with van der Waals surface area (Å²) in [6.07, 6.45) is 4.04. The quantitative estimate of drug-likeness (QED) is 0.916. The van der Waals surface area contributed by atoms with Gasteiger partial charge >= 0.3 is 0 Å². The molecule has 4 nitrogen and oxygen atoms in total. The van der Waals surface area contributed by atoms with Crippen molar-refractivity contribution in [1.82, 2.24) is 4.98 Å². The number of aromatic nitrogens is 1. The first kappa shape index (κ1) is 13.1. The molecule has 0 radical (unpaired) electrons. The summed E-state index contributed by atoms with van der Waals surface area (Å²) in [6, 6.07) is 9.56. The second-order valence-electron chi connectivity index (χ2n) is 4.35. The van der Waals surface area contributed by atoms with Crippen LogP contribution in [0.15, 0.2) is 42.7 Å². The standard InChI is InChI=1S/C15H17N3O/c1-3-11-4-6-12(7-5-11)18(2)15(19)13-8-9-17-10-14(13)16/h4-10H,3,16H2,1-2H3. The zero-order valence-electron chi connectivity index (χ0n) is 11.1. The summed E-state index contributed by atoms with van der Waals surface area (Å²) in [7, 11) is 1.74. The Morgan fingerprint density at radius 3 is 2.53 bits per heavy atom. The third-order valence-electron chi connectivity index (χ3n) is 3.12. The van der Waals surface area contributed by atoms with Crippen LogP contribution in [0, 0.1) is 0 Å². The van der Waals surface area contributed by atoms with Crippen molar-refractivity contribution in [3.05, 3.63) is 53.9 Å². The summed E-state index contributed by atoms with van der Waals surface area (Å²) in [4.78, 5) is 17.8. The van der Waals surface area contributed by atoms with Gasteiger partial charge in [0.05, 0.1) is 17.4 Å². The second kappa shape index (κ2) is 5.52. The average molecular weight is 255 g/mol. The highest BCUT2D eigenvalue weighted by Crippen LogP contribution is 2.19. The van der Waals surface area contributed by atoms with Gasteiger partial charge in [-0.2, -0.15) is 0 Å². The lowest BCUT2D eigenvalue weighted by atomic mass is 10.1. The first-order valence-electron chi connectivity index (χ1n) is 6.20. The minimum absolute atomic E-state index is 0.135. The molecule has 0 unspecified atom stereocenters. The van der Waals surface area contributed by atoms with Crippen molar-refractivity contribution in [1.29, 1.82) is 0 Å². The molecule has 0 aliphatic rings. The van der Waals surface area contributed by atoms with E-state index < -0.39 is 0 Å².